The number of nitrogens with zero attached hydrogens (tertiary/aromatic N) is 2. The van der Waals surface area contributed by atoms with Crippen molar-refractivity contribution in [2.45, 2.75) is 31.3 Å². The van der Waals surface area contributed by atoms with Gasteiger partial charge in [-0.2, -0.15) is 0 Å². The van der Waals surface area contributed by atoms with Gasteiger partial charge in [-0.3, -0.25) is 14.2 Å². The minimum atomic E-state index is -3.48. The number of aryl methyl sites for hydroxylation is 1. The van der Waals surface area contributed by atoms with Gasteiger partial charge in [0.15, 0.2) is 0 Å². The molecule has 1 heterocycles. The van der Waals surface area contributed by atoms with Gasteiger partial charge in [0.05, 0.1) is 10.9 Å². The van der Waals surface area contributed by atoms with Gasteiger partial charge in [-0.15, -0.1) is 0 Å². The van der Waals surface area contributed by atoms with Gasteiger partial charge in [0.1, 0.15) is 6.54 Å². The lowest BCUT2D eigenvalue weighted by atomic mass is 10.1. The summed E-state index contributed by atoms with van der Waals surface area (Å²) in [7, 11) is -0.532. The lowest BCUT2D eigenvalue weighted by Gasteiger charge is -2.16. The minimum Gasteiger partial charge on any atom is -0.348 e. The first-order chi connectivity index (χ1) is 11.6. The maximum absolute atomic E-state index is 12.1. The summed E-state index contributed by atoms with van der Waals surface area (Å²) < 4.78 is 26.7. The standard InChI is InChI=1S/C16H21N3O4S2/c1-11-10-24-16(21)19(11)9-15(20)17-12(2)13-5-7-14(8-6-13)25(22,23)18(3)4/h5-8,10,12H,9H2,1-4H3,(H,17,20). The molecule has 1 N–H and O–H groups in total. The van der Waals surface area contributed by atoms with Crippen molar-refractivity contribution >= 4 is 27.3 Å². The zero-order chi connectivity index (χ0) is 18.8. The molecule has 1 amide bonds. The molecule has 25 heavy (non-hydrogen) atoms. The molecule has 1 atom stereocenters. The van der Waals surface area contributed by atoms with Crippen molar-refractivity contribution in [3.05, 3.63) is 50.6 Å². The zero-order valence-electron chi connectivity index (χ0n) is 14.5. The number of hydrogen-bond acceptors (Lipinski definition) is 5. The van der Waals surface area contributed by atoms with E-state index in [-0.39, 0.29) is 28.3 Å². The third-order valence-electron chi connectivity index (χ3n) is 3.81. The van der Waals surface area contributed by atoms with Crippen molar-refractivity contribution in [3.63, 3.8) is 0 Å². The van der Waals surface area contributed by atoms with E-state index in [1.165, 1.54) is 30.8 Å². The molecule has 0 spiro atoms. The first-order valence-corrected chi connectivity index (χ1v) is 9.91. The second-order valence-electron chi connectivity index (χ2n) is 5.87. The van der Waals surface area contributed by atoms with Crippen LogP contribution in [0.15, 0.2) is 39.3 Å². The number of benzene rings is 1. The molecule has 0 aliphatic heterocycles. The van der Waals surface area contributed by atoms with Crippen molar-refractivity contribution in [3.8, 4) is 0 Å². The van der Waals surface area contributed by atoms with Crippen LogP contribution in [0.25, 0.3) is 0 Å². The molecule has 0 radical (unpaired) electrons. The van der Waals surface area contributed by atoms with Crippen LogP contribution in [-0.2, 0) is 21.4 Å². The molecule has 0 bridgehead atoms. The van der Waals surface area contributed by atoms with E-state index < -0.39 is 10.0 Å². The van der Waals surface area contributed by atoms with Crippen molar-refractivity contribution in [2.75, 3.05) is 14.1 Å². The van der Waals surface area contributed by atoms with Gasteiger partial charge in [-0.1, -0.05) is 23.5 Å². The highest BCUT2D eigenvalue weighted by Crippen LogP contribution is 2.18. The van der Waals surface area contributed by atoms with Crippen LogP contribution in [0.4, 0.5) is 0 Å². The number of nitrogens with one attached hydrogen (secondary N) is 1. The monoisotopic (exact) mass is 383 g/mol. The van der Waals surface area contributed by atoms with Crippen LogP contribution in [0.1, 0.15) is 24.2 Å². The Kier molecular flexibility index (Phi) is 5.81. The van der Waals surface area contributed by atoms with E-state index in [1.54, 1.807) is 31.4 Å². The number of sulfonamides is 1. The number of amides is 1. The minimum absolute atomic E-state index is 0.0361. The molecule has 7 nitrogen and oxygen atoms in total. The number of rotatable bonds is 6. The second-order valence-corrected chi connectivity index (χ2v) is 8.85. The maximum Gasteiger partial charge on any atom is 0.307 e. The Balaban J connectivity index is 2.07. The third-order valence-corrected chi connectivity index (χ3v) is 6.52. The summed E-state index contributed by atoms with van der Waals surface area (Å²) in [5, 5.41) is 4.53. The summed E-state index contributed by atoms with van der Waals surface area (Å²) in [6, 6.07) is 6.06. The first kappa shape index (κ1) is 19.4. The summed E-state index contributed by atoms with van der Waals surface area (Å²) in [6.45, 7) is 3.54. The average molecular weight is 383 g/mol. The largest absolute Gasteiger partial charge is 0.348 e. The van der Waals surface area contributed by atoms with Crippen LogP contribution in [0.3, 0.4) is 0 Å². The highest BCUT2D eigenvalue weighted by atomic mass is 32.2. The molecule has 2 aromatic rings. The predicted molar refractivity (Wildman–Crippen MR) is 97.2 cm³/mol. The van der Waals surface area contributed by atoms with Crippen LogP contribution < -0.4 is 10.2 Å². The fourth-order valence-electron chi connectivity index (χ4n) is 2.25. The van der Waals surface area contributed by atoms with E-state index in [2.05, 4.69) is 5.32 Å². The SMILES string of the molecule is Cc1csc(=O)n1CC(=O)NC(C)c1ccc(S(=O)(=O)N(C)C)cc1. The van der Waals surface area contributed by atoms with Crippen molar-refractivity contribution < 1.29 is 13.2 Å². The molecule has 0 saturated carbocycles. The second kappa shape index (κ2) is 7.51. The van der Waals surface area contributed by atoms with E-state index in [4.69, 9.17) is 0 Å². The zero-order valence-corrected chi connectivity index (χ0v) is 16.1. The van der Waals surface area contributed by atoms with Gasteiger partial charge in [0.2, 0.25) is 15.9 Å². The van der Waals surface area contributed by atoms with Gasteiger partial charge in [0.25, 0.3) is 0 Å². The van der Waals surface area contributed by atoms with Crippen LogP contribution in [0.2, 0.25) is 0 Å². The summed E-state index contributed by atoms with van der Waals surface area (Å²) in [4.78, 5) is 23.8. The van der Waals surface area contributed by atoms with Crippen molar-refractivity contribution in [2.24, 2.45) is 0 Å². The van der Waals surface area contributed by atoms with Gasteiger partial charge >= 0.3 is 4.87 Å². The number of thiazole rings is 1. The van der Waals surface area contributed by atoms with E-state index in [0.29, 0.717) is 0 Å². The molecule has 0 aliphatic carbocycles. The van der Waals surface area contributed by atoms with E-state index in [1.807, 2.05) is 0 Å². The van der Waals surface area contributed by atoms with Crippen LogP contribution in [0, 0.1) is 6.92 Å². The maximum atomic E-state index is 12.1. The number of carbonyl (C=O) groups excluding carboxylic acids is 1. The fourth-order valence-corrected chi connectivity index (χ4v) is 3.89. The molecule has 1 unspecified atom stereocenters. The van der Waals surface area contributed by atoms with Gasteiger partial charge in [-0.25, -0.2) is 12.7 Å². The molecule has 136 valence electrons. The summed E-state index contributed by atoms with van der Waals surface area (Å²) in [5.74, 6) is -0.277. The molecule has 0 fully saturated rings. The first-order valence-electron chi connectivity index (χ1n) is 7.59. The number of aromatic nitrogens is 1. The predicted octanol–water partition coefficient (Wildman–Crippen LogP) is 1.35. The van der Waals surface area contributed by atoms with Crippen LogP contribution >= 0.6 is 11.3 Å². The third kappa shape index (κ3) is 4.36. The molecule has 9 heteroatoms. The lowest BCUT2D eigenvalue weighted by molar-refractivity contribution is -0.122. The summed E-state index contributed by atoms with van der Waals surface area (Å²) >= 11 is 1.06. The highest BCUT2D eigenvalue weighted by Gasteiger charge is 2.18. The van der Waals surface area contributed by atoms with E-state index in [0.717, 1.165) is 26.9 Å². The Hall–Kier alpha value is -1.97. The molecule has 1 aromatic heterocycles. The highest BCUT2D eigenvalue weighted by molar-refractivity contribution is 7.89. The molecule has 2 rings (SSSR count). The fraction of sp³-hybridized carbons (Fsp3) is 0.375. The Morgan fingerprint density at radius 3 is 2.36 bits per heavy atom. The van der Waals surface area contributed by atoms with Crippen molar-refractivity contribution in [1.82, 2.24) is 14.2 Å². The van der Waals surface area contributed by atoms with Gasteiger partial charge in [0, 0.05) is 25.2 Å². The Labute approximate surface area is 151 Å². The summed E-state index contributed by atoms with van der Waals surface area (Å²) in [6.07, 6.45) is 0. The van der Waals surface area contributed by atoms with Crippen LogP contribution in [-0.4, -0.2) is 37.3 Å². The van der Waals surface area contributed by atoms with Gasteiger partial charge in [-0.05, 0) is 31.5 Å². The Morgan fingerprint density at radius 2 is 1.88 bits per heavy atom. The average Bonchev–Trinajstić information content (AvgIpc) is 2.86. The Morgan fingerprint density at radius 1 is 1.28 bits per heavy atom. The normalized spacial score (nSPS) is 13.0. The number of hydrogen-bond donors (Lipinski definition) is 1. The molecule has 0 aliphatic rings. The molecular formula is C16H21N3O4S2. The van der Waals surface area contributed by atoms with E-state index in [9.17, 15) is 18.0 Å². The summed E-state index contributed by atoms with van der Waals surface area (Å²) in [5.41, 5.74) is 1.52. The quantitative estimate of drug-likeness (QED) is 0.815. The number of carbonyl (C=O) groups is 1. The smallest absolute Gasteiger partial charge is 0.307 e. The molecule has 1 aromatic carbocycles. The Bertz CT molecular complexity index is 912. The molecule has 0 saturated heterocycles. The lowest BCUT2D eigenvalue weighted by Crippen LogP contribution is -2.32. The van der Waals surface area contributed by atoms with Crippen molar-refractivity contribution in [1.29, 1.82) is 0 Å². The van der Waals surface area contributed by atoms with Crippen LogP contribution in [0.5, 0.6) is 0 Å². The van der Waals surface area contributed by atoms with E-state index >= 15 is 0 Å². The topological polar surface area (TPSA) is 88.5 Å². The molecular weight excluding hydrogens is 362 g/mol. The van der Waals surface area contributed by atoms with Gasteiger partial charge < -0.3 is 5.32 Å².